The molecule has 8 heteroatoms. The Labute approximate surface area is 159 Å². The van der Waals surface area contributed by atoms with Gasteiger partial charge in [-0.2, -0.15) is 0 Å². The molecule has 0 unspecified atom stereocenters. The van der Waals surface area contributed by atoms with Gasteiger partial charge >= 0.3 is 0 Å². The summed E-state index contributed by atoms with van der Waals surface area (Å²) >= 11 is 0. The van der Waals surface area contributed by atoms with Crippen LogP contribution in [0.3, 0.4) is 0 Å². The van der Waals surface area contributed by atoms with E-state index in [9.17, 15) is 12.8 Å². The highest BCUT2D eigenvalue weighted by molar-refractivity contribution is 7.89. The Hall–Kier alpha value is -2.45. The number of nitrogens with zero attached hydrogens (tertiary/aromatic N) is 1. The van der Waals surface area contributed by atoms with Crippen molar-refractivity contribution in [1.82, 2.24) is 10.6 Å². The fourth-order valence-electron chi connectivity index (χ4n) is 2.55. The van der Waals surface area contributed by atoms with E-state index in [0.29, 0.717) is 25.6 Å². The second-order valence-electron chi connectivity index (χ2n) is 6.13. The number of aryl methyl sites for hydroxylation is 1. The quantitative estimate of drug-likeness (QED) is 0.496. The lowest BCUT2D eigenvalue weighted by molar-refractivity contribution is 0.597. The SMILES string of the molecule is CCNC(=NCc1ccc(S(N)(=O)=O)cc1)NCCc1ccc(F)cc1C. The second kappa shape index (κ2) is 9.48. The van der Waals surface area contributed by atoms with Gasteiger partial charge < -0.3 is 10.6 Å². The van der Waals surface area contributed by atoms with Crippen LogP contribution in [0, 0.1) is 12.7 Å². The molecule has 0 aliphatic rings. The highest BCUT2D eigenvalue weighted by Gasteiger charge is 2.07. The minimum Gasteiger partial charge on any atom is -0.357 e. The lowest BCUT2D eigenvalue weighted by atomic mass is 10.1. The number of hydrogen-bond donors (Lipinski definition) is 3. The largest absolute Gasteiger partial charge is 0.357 e. The van der Waals surface area contributed by atoms with Gasteiger partial charge in [-0.25, -0.2) is 22.9 Å². The minimum atomic E-state index is -3.69. The first-order valence-corrected chi connectivity index (χ1v) is 10.2. The third kappa shape index (κ3) is 6.65. The number of guanidine groups is 1. The first-order valence-electron chi connectivity index (χ1n) is 8.68. The van der Waals surface area contributed by atoms with Gasteiger partial charge in [0.05, 0.1) is 11.4 Å². The maximum Gasteiger partial charge on any atom is 0.238 e. The topological polar surface area (TPSA) is 96.6 Å². The van der Waals surface area contributed by atoms with Gasteiger partial charge in [0, 0.05) is 13.1 Å². The lowest BCUT2D eigenvalue weighted by Crippen LogP contribution is -2.38. The number of primary sulfonamides is 1. The highest BCUT2D eigenvalue weighted by Crippen LogP contribution is 2.11. The Bertz CT molecular complexity index is 896. The molecule has 2 rings (SSSR count). The van der Waals surface area contributed by atoms with Gasteiger partial charge in [0.2, 0.25) is 10.0 Å². The smallest absolute Gasteiger partial charge is 0.238 e. The van der Waals surface area contributed by atoms with Crippen LogP contribution in [0.1, 0.15) is 23.6 Å². The van der Waals surface area contributed by atoms with E-state index in [1.807, 2.05) is 13.8 Å². The highest BCUT2D eigenvalue weighted by atomic mass is 32.2. The molecule has 0 atom stereocenters. The Balaban J connectivity index is 1.95. The standard InChI is InChI=1S/C19H25FN4O2S/c1-3-22-19(23-11-10-16-6-7-17(20)12-14(16)2)24-13-15-4-8-18(9-5-15)27(21,25)26/h4-9,12H,3,10-11,13H2,1-2H3,(H2,21,25,26)(H2,22,23,24). The number of nitrogens with one attached hydrogen (secondary N) is 2. The summed E-state index contributed by atoms with van der Waals surface area (Å²) < 4.78 is 35.7. The molecule has 0 amide bonds. The molecular weight excluding hydrogens is 367 g/mol. The van der Waals surface area contributed by atoms with Gasteiger partial charge in [-0.15, -0.1) is 0 Å². The molecule has 6 nitrogen and oxygen atoms in total. The van der Waals surface area contributed by atoms with Crippen LogP contribution in [0.2, 0.25) is 0 Å². The van der Waals surface area contributed by atoms with Crippen LogP contribution in [0.4, 0.5) is 4.39 Å². The Morgan fingerprint density at radius 3 is 2.44 bits per heavy atom. The molecule has 0 saturated carbocycles. The van der Waals surface area contributed by atoms with Crippen LogP contribution < -0.4 is 15.8 Å². The molecule has 4 N–H and O–H groups in total. The Morgan fingerprint density at radius 1 is 1.15 bits per heavy atom. The third-order valence-corrected chi connectivity index (χ3v) is 4.94. The minimum absolute atomic E-state index is 0.0786. The molecule has 2 aromatic carbocycles. The van der Waals surface area contributed by atoms with Gasteiger partial charge in [0.15, 0.2) is 5.96 Å². The molecule has 0 aliphatic heterocycles. The van der Waals surface area contributed by atoms with Crippen molar-refractivity contribution in [3.63, 3.8) is 0 Å². The van der Waals surface area contributed by atoms with E-state index in [-0.39, 0.29) is 10.7 Å². The van der Waals surface area contributed by atoms with Gasteiger partial charge in [-0.1, -0.05) is 18.2 Å². The van der Waals surface area contributed by atoms with E-state index in [0.717, 1.165) is 23.1 Å². The number of hydrogen-bond acceptors (Lipinski definition) is 3. The number of sulfonamides is 1. The summed E-state index contributed by atoms with van der Waals surface area (Å²) in [5.41, 5.74) is 2.88. The van der Waals surface area contributed by atoms with E-state index < -0.39 is 10.0 Å². The van der Waals surface area contributed by atoms with Crippen molar-refractivity contribution in [3.8, 4) is 0 Å². The molecule has 0 bridgehead atoms. The van der Waals surface area contributed by atoms with Gasteiger partial charge in [-0.05, 0) is 61.2 Å². The van der Waals surface area contributed by atoms with Crippen molar-refractivity contribution in [2.45, 2.75) is 31.7 Å². The maximum atomic E-state index is 13.2. The van der Waals surface area contributed by atoms with E-state index in [1.165, 1.54) is 24.3 Å². The predicted octanol–water partition coefficient (Wildman–Crippen LogP) is 2.08. The number of nitrogens with two attached hydrogens (primary N) is 1. The molecular formula is C19H25FN4O2S. The second-order valence-corrected chi connectivity index (χ2v) is 7.69. The molecule has 0 aliphatic carbocycles. The first kappa shape index (κ1) is 20.9. The zero-order valence-electron chi connectivity index (χ0n) is 15.5. The monoisotopic (exact) mass is 392 g/mol. The van der Waals surface area contributed by atoms with Crippen LogP contribution in [0.25, 0.3) is 0 Å². The van der Waals surface area contributed by atoms with Crippen LogP contribution >= 0.6 is 0 Å². The lowest BCUT2D eigenvalue weighted by Gasteiger charge is -2.12. The zero-order valence-corrected chi connectivity index (χ0v) is 16.3. The molecule has 0 fully saturated rings. The van der Waals surface area contributed by atoms with Crippen LogP contribution in [0.15, 0.2) is 52.4 Å². The Kier molecular flexibility index (Phi) is 7.32. The van der Waals surface area contributed by atoms with Crippen molar-refractivity contribution < 1.29 is 12.8 Å². The van der Waals surface area contributed by atoms with E-state index in [4.69, 9.17) is 5.14 Å². The van der Waals surface area contributed by atoms with Crippen molar-refractivity contribution in [3.05, 3.63) is 65.0 Å². The first-order chi connectivity index (χ1) is 12.8. The van der Waals surface area contributed by atoms with Crippen molar-refractivity contribution in [1.29, 1.82) is 0 Å². The Morgan fingerprint density at radius 2 is 1.85 bits per heavy atom. The number of rotatable bonds is 7. The zero-order chi connectivity index (χ0) is 19.9. The van der Waals surface area contributed by atoms with Crippen molar-refractivity contribution in [2.24, 2.45) is 10.1 Å². The number of aliphatic imine (C=N–C) groups is 1. The summed E-state index contributed by atoms with van der Waals surface area (Å²) in [6.45, 7) is 5.63. The van der Waals surface area contributed by atoms with Crippen LogP contribution in [-0.4, -0.2) is 27.5 Å². The van der Waals surface area contributed by atoms with E-state index in [1.54, 1.807) is 18.2 Å². The molecule has 27 heavy (non-hydrogen) atoms. The molecule has 0 saturated heterocycles. The number of halogens is 1. The molecule has 0 heterocycles. The van der Waals surface area contributed by atoms with E-state index >= 15 is 0 Å². The fourth-order valence-corrected chi connectivity index (χ4v) is 3.07. The summed E-state index contributed by atoms with van der Waals surface area (Å²) in [4.78, 5) is 4.58. The van der Waals surface area contributed by atoms with Crippen molar-refractivity contribution in [2.75, 3.05) is 13.1 Å². The molecule has 146 valence electrons. The summed E-state index contributed by atoms with van der Waals surface area (Å²) in [6, 6.07) is 11.1. The average molecular weight is 393 g/mol. The molecule has 0 spiro atoms. The average Bonchev–Trinajstić information content (AvgIpc) is 2.61. The predicted molar refractivity (Wildman–Crippen MR) is 105 cm³/mol. The summed E-state index contributed by atoms with van der Waals surface area (Å²) in [5.74, 6) is 0.431. The number of benzene rings is 2. The fraction of sp³-hybridized carbons (Fsp3) is 0.316. The van der Waals surface area contributed by atoms with Gasteiger partial charge in [-0.3, -0.25) is 0 Å². The van der Waals surface area contributed by atoms with Gasteiger partial charge in [0.1, 0.15) is 5.82 Å². The van der Waals surface area contributed by atoms with E-state index in [2.05, 4.69) is 15.6 Å². The summed E-state index contributed by atoms with van der Waals surface area (Å²) in [7, 11) is -3.69. The van der Waals surface area contributed by atoms with Crippen LogP contribution in [0.5, 0.6) is 0 Å². The third-order valence-electron chi connectivity index (χ3n) is 4.01. The summed E-state index contributed by atoms with van der Waals surface area (Å²) in [5, 5.41) is 11.5. The normalized spacial score (nSPS) is 12.1. The molecule has 0 radical (unpaired) electrons. The maximum absolute atomic E-state index is 13.2. The molecule has 2 aromatic rings. The molecule has 0 aromatic heterocycles. The summed E-state index contributed by atoms with van der Waals surface area (Å²) in [6.07, 6.45) is 0.750. The van der Waals surface area contributed by atoms with Crippen molar-refractivity contribution >= 4 is 16.0 Å². The van der Waals surface area contributed by atoms with Crippen LogP contribution in [-0.2, 0) is 23.0 Å². The van der Waals surface area contributed by atoms with Gasteiger partial charge in [0.25, 0.3) is 0 Å².